The lowest BCUT2D eigenvalue weighted by Crippen LogP contribution is -2.41. The SMILES string of the molecule is CCN(CC(=O)NCc1ccc(F)cc1)C(=O)Cn1c(C)nc2ccccc21. The minimum absolute atomic E-state index is 0.0256. The largest absolute Gasteiger partial charge is 0.350 e. The van der Waals surface area contributed by atoms with E-state index in [4.69, 9.17) is 0 Å². The number of carbonyl (C=O) groups excluding carboxylic acids is 2. The number of para-hydroxylation sites is 2. The Labute approximate surface area is 163 Å². The number of fused-ring (bicyclic) bond motifs is 1. The van der Waals surface area contributed by atoms with Crippen molar-refractivity contribution in [2.75, 3.05) is 13.1 Å². The maximum Gasteiger partial charge on any atom is 0.243 e. The molecule has 0 saturated heterocycles. The molecular weight excluding hydrogens is 359 g/mol. The topological polar surface area (TPSA) is 67.2 Å². The van der Waals surface area contributed by atoms with Crippen LogP contribution in [0.5, 0.6) is 0 Å². The van der Waals surface area contributed by atoms with Gasteiger partial charge >= 0.3 is 0 Å². The number of aryl methyl sites for hydroxylation is 1. The van der Waals surface area contributed by atoms with Gasteiger partial charge in [0.05, 0.1) is 17.6 Å². The first kappa shape index (κ1) is 19.5. The Bertz CT molecular complexity index is 982. The Morgan fingerprint density at radius 1 is 1.14 bits per heavy atom. The minimum atomic E-state index is -0.319. The van der Waals surface area contributed by atoms with Crippen LogP contribution in [0.4, 0.5) is 4.39 Å². The van der Waals surface area contributed by atoms with Gasteiger partial charge in [-0.2, -0.15) is 0 Å². The molecule has 0 aliphatic carbocycles. The Morgan fingerprint density at radius 3 is 2.57 bits per heavy atom. The van der Waals surface area contributed by atoms with Crippen LogP contribution in [0.15, 0.2) is 48.5 Å². The summed E-state index contributed by atoms with van der Waals surface area (Å²) in [6, 6.07) is 13.6. The number of hydrogen-bond donors (Lipinski definition) is 1. The van der Waals surface area contributed by atoms with Crippen molar-refractivity contribution in [3.63, 3.8) is 0 Å². The Morgan fingerprint density at radius 2 is 1.86 bits per heavy atom. The van der Waals surface area contributed by atoms with Crippen molar-refractivity contribution >= 4 is 22.8 Å². The average molecular weight is 382 g/mol. The molecule has 0 spiro atoms. The van der Waals surface area contributed by atoms with Crippen LogP contribution in [0.2, 0.25) is 0 Å². The van der Waals surface area contributed by atoms with E-state index in [2.05, 4.69) is 10.3 Å². The van der Waals surface area contributed by atoms with Gasteiger partial charge in [-0.25, -0.2) is 9.37 Å². The predicted molar refractivity (Wildman–Crippen MR) is 105 cm³/mol. The van der Waals surface area contributed by atoms with Crippen molar-refractivity contribution in [3.05, 3.63) is 65.7 Å². The number of benzene rings is 2. The van der Waals surface area contributed by atoms with Gasteiger partial charge in [0.25, 0.3) is 0 Å². The maximum atomic E-state index is 12.9. The molecule has 0 aliphatic rings. The summed E-state index contributed by atoms with van der Waals surface area (Å²) in [5, 5.41) is 2.76. The van der Waals surface area contributed by atoms with Gasteiger partial charge in [-0.15, -0.1) is 0 Å². The third-order valence-electron chi connectivity index (χ3n) is 4.61. The monoisotopic (exact) mass is 382 g/mol. The van der Waals surface area contributed by atoms with Gasteiger partial charge in [-0.05, 0) is 43.7 Å². The fraction of sp³-hybridized carbons (Fsp3) is 0.286. The molecule has 3 rings (SSSR count). The summed E-state index contributed by atoms with van der Waals surface area (Å²) in [7, 11) is 0. The van der Waals surface area contributed by atoms with Crippen molar-refractivity contribution in [1.82, 2.24) is 19.8 Å². The zero-order valence-corrected chi connectivity index (χ0v) is 16.0. The molecule has 0 aliphatic heterocycles. The van der Waals surface area contributed by atoms with Crippen LogP contribution in [0.1, 0.15) is 18.3 Å². The highest BCUT2D eigenvalue weighted by molar-refractivity contribution is 5.86. The predicted octanol–water partition coefficient (Wildman–Crippen LogP) is 2.65. The number of hydrogen-bond acceptors (Lipinski definition) is 3. The molecule has 146 valence electrons. The standard InChI is InChI=1S/C21H23FN4O2/c1-3-25(13-20(27)23-12-16-8-10-17(22)11-9-16)21(28)14-26-15(2)24-18-6-4-5-7-19(18)26/h4-11H,3,12-14H2,1-2H3,(H,23,27). The first-order valence-electron chi connectivity index (χ1n) is 9.18. The molecule has 0 fully saturated rings. The van der Waals surface area contributed by atoms with E-state index in [9.17, 15) is 14.0 Å². The molecule has 1 aromatic heterocycles. The van der Waals surface area contributed by atoms with E-state index in [1.54, 1.807) is 12.1 Å². The normalized spacial score (nSPS) is 10.8. The molecule has 0 bridgehead atoms. The summed E-state index contributed by atoms with van der Waals surface area (Å²) in [5.74, 6) is 0.0314. The minimum Gasteiger partial charge on any atom is -0.350 e. The quantitative estimate of drug-likeness (QED) is 0.683. The number of nitrogens with zero attached hydrogens (tertiary/aromatic N) is 3. The molecule has 2 amide bonds. The van der Waals surface area contributed by atoms with Crippen molar-refractivity contribution in [1.29, 1.82) is 0 Å². The summed E-state index contributed by atoms with van der Waals surface area (Å²) in [4.78, 5) is 31.0. The molecule has 0 unspecified atom stereocenters. The van der Waals surface area contributed by atoms with Crippen LogP contribution in [-0.2, 0) is 22.7 Å². The van der Waals surface area contributed by atoms with Crippen molar-refractivity contribution in [2.24, 2.45) is 0 Å². The van der Waals surface area contributed by atoms with E-state index in [0.717, 1.165) is 22.4 Å². The Balaban J connectivity index is 1.60. The Hall–Kier alpha value is -3.22. The van der Waals surface area contributed by atoms with Crippen molar-refractivity contribution < 1.29 is 14.0 Å². The highest BCUT2D eigenvalue weighted by atomic mass is 19.1. The summed E-state index contributed by atoms with van der Waals surface area (Å²) in [6.45, 7) is 4.52. The number of amides is 2. The highest BCUT2D eigenvalue weighted by Crippen LogP contribution is 2.15. The number of rotatable bonds is 7. The number of halogens is 1. The van der Waals surface area contributed by atoms with Gasteiger partial charge in [0, 0.05) is 13.1 Å². The number of imidazole rings is 1. The first-order chi connectivity index (χ1) is 13.5. The van der Waals surface area contributed by atoms with E-state index < -0.39 is 0 Å². The lowest BCUT2D eigenvalue weighted by atomic mass is 10.2. The third-order valence-corrected chi connectivity index (χ3v) is 4.61. The van der Waals surface area contributed by atoms with E-state index in [1.165, 1.54) is 17.0 Å². The van der Waals surface area contributed by atoms with Crippen LogP contribution in [0.3, 0.4) is 0 Å². The second kappa shape index (κ2) is 8.65. The molecular formula is C21H23FN4O2. The molecule has 2 aromatic carbocycles. The lowest BCUT2D eigenvalue weighted by Gasteiger charge is -2.21. The van der Waals surface area contributed by atoms with Gasteiger partial charge in [-0.1, -0.05) is 24.3 Å². The third kappa shape index (κ3) is 4.54. The van der Waals surface area contributed by atoms with Crippen LogP contribution in [0, 0.1) is 12.7 Å². The fourth-order valence-corrected chi connectivity index (χ4v) is 3.04. The number of carbonyl (C=O) groups is 2. The first-order valence-corrected chi connectivity index (χ1v) is 9.18. The van der Waals surface area contributed by atoms with E-state index in [1.807, 2.05) is 42.7 Å². The molecule has 28 heavy (non-hydrogen) atoms. The highest BCUT2D eigenvalue weighted by Gasteiger charge is 2.18. The van der Waals surface area contributed by atoms with Crippen molar-refractivity contribution in [2.45, 2.75) is 26.9 Å². The Kier molecular flexibility index (Phi) is 6.03. The molecule has 6 nitrogen and oxygen atoms in total. The number of aromatic nitrogens is 2. The van der Waals surface area contributed by atoms with Gasteiger partial charge in [0.1, 0.15) is 18.2 Å². The summed E-state index contributed by atoms with van der Waals surface area (Å²) in [6.07, 6.45) is 0. The van der Waals surface area contributed by atoms with Crippen LogP contribution >= 0.6 is 0 Å². The van der Waals surface area contributed by atoms with Gasteiger partial charge in [-0.3, -0.25) is 9.59 Å². The zero-order chi connectivity index (χ0) is 20.1. The number of nitrogens with one attached hydrogen (secondary N) is 1. The molecule has 0 radical (unpaired) electrons. The van der Waals surface area contributed by atoms with Crippen LogP contribution < -0.4 is 5.32 Å². The van der Waals surface area contributed by atoms with Gasteiger partial charge in [0.2, 0.25) is 11.8 Å². The van der Waals surface area contributed by atoms with Crippen LogP contribution in [0.25, 0.3) is 11.0 Å². The fourth-order valence-electron chi connectivity index (χ4n) is 3.04. The molecule has 3 aromatic rings. The van der Waals surface area contributed by atoms with Crippen LogP contribution in [-0.4, -0.2) is 39.4 Å². The molecule has 1 N–H and O–H groups in total. The summed E-state index contributed by atoms with van der Waals surface area (Å²) in [5.41, 5.74) is 2.53. The lowest BCUT2D eigenvalue weighted by molar-refractivity contribution is -0.136. The summed E-state index contributed by atoms with van der Waals surface area (Å²) >= 11 is 0. The molecule has 0 atom stereocenters. The second-order valence-corrected chi connectivity index (χ2v) is 6.54. The maximum absolute atomic E-state index is 12.9. The molecule has 0 saturated carbocycles. The smallest absolute Gasteiger partial charge is 0.243 e. The van der Waals surface area contributed by atoms with Crippen molar-refractivity contribution in [3.8, 4) is 0 Å². The van der Waals surface area contributed by atoms with E-state index >= 15 is 0 Å². The number of likely N-dealkylation sites (N-methyl/N-ethyl adjacent to an activating group) is 1. The average Bonchev–Trinajstić information content (AvgIpc) is 3.01. The van der Waals surface area contributed by atoms with Gasteiger partial charge in [0.15, 0.2) is 0 Å². The zero-order valence-electron chi connectivity index (χ0n) is 16.0. The summed E-state index contributed by atoms with van der Waals surface area (Å²) < 4.78 is 14.8. The van der Waals surface area contributed by atoms with E-state index in [0.29, 0.717) is 6.54 Å². The van der Waals surface area contributed by atoms with Gasteiger partial charge < -0.3 is 14.8 Å². The second-order valence-electron chi connectivity index (χ2n) is 6.54. The molecule has 7 heteroatoms. The molecule has 1 heterocycles. The van der Waals surface area contributed by atoms with E-state index in [-0.39, 0.29) is 37.3 Å².